The Bertz CT molecular complexity index is 968. The first-order chi connectivity index (χ1) is 14.1. The number of halogens is 7. The van der Waals surface area contributed by atoms with Crippen molar-refractivity contribution in [1.29, 1.82) is 0 Å². The van der Waals surface area contributed by atoms with Crippen molar-refractivity contribution < 1.29 is 54.2 Å². The molecule has 2 aromatic rings. The van der Waals surface area contributed by atoms with Crippen LogP contribution >= 0.6 is 11.6 Å². The van der Waals surface area contributed by atoms with Crippen molar-refractivity contribution in [2.75, 3.05) is 7.04 Å². The topological polar surface area (TPSA) is 54.0 Å². The standard InChI is InChI=1S/C16H9ClF6O5/c1-25-11-5-7(28-16(21,22)23)2-3-10(11)27-12-6-8(26-15(19)20)4-9(18)13(12)14(17)24/h2-6,15H,1H3/i1D3. The van der Waals surface area contributed by atoms with Crippen LogP contribution < -0.4 is 18.9 Å². The van der Waals surface area contributed by atoms with Crippen LogP contribution in [0.1, 0.15) is 14.5 Å². The summed E-state index contributed by atoms with van der Waals surface area (Å²) in [7, 11) is -3.17. The average Bonchev–Trinajstić information content (AvgIpc) is 2.53. The molecular weight excluding hydrogens is 422 g/mol. The molecule has 0 aliphatic rings. The number of hydrogen-bond acceptors (Lipinski definition) is 5. The summed E-state index contributed by atoms with van der Waals surface area (Å²) in [4.78, 5) is 11.5. The van der Waals surface area contributed by atoms with E-state index in [2.05, 4.69) is 14.2 Å². The quantitative estimate of drug-likeness (QED) is 0.426. The molecule has 0 spiro atoms. The Morgan fingerprint density at radius 1 is 1.11 bits per heavy atom. The maximum Gasteiger partial charge on any atom is 0.573 e. The van der Waals surface area contributed by atoms with Gasteiger partial charge in [0.05, 0.1) is 11.2 Å². The van der Waals surface area contributed by atoms with Gasteiger partial charge in [-0.25, -0.2) is 4.39 Å². The molecule has 0 N–H and O–H groups in total. The van der Waals surface area contributed by atoms with E-state index in [1.807, 2.05) is 0 Å². The zero-order chi connectivity index (χ0) is 23.6. The summed E-state index contributed by atoms with van der Waals surface area (Å²) in [5.41, 5.74) is -0.946. The highest BCUT2D eigenvalue weighted by Crippen LogP contribution is 2.39. The van der Waals surface area contributed by atoms with Gasteiger partial charge < -0.3 is 18.9 Å². The SMILES string of the molecule is [2H]C([2H])([2H])Oc1cc(OC(F)(F)F)ccc1Oc1cc(OC(F)F)cc(F)c1C(=O)Cl. The Morgan fingerprint density at radius 3 is 2.36 bits per heavy atom. The van der Waals surface area contributed by atoms with E-state index in [0.29, 0.717) is 24.3 Å². The third kappa shape index (κ3) is 5.59. The second-order valence-electron chi connectivity index (χ2n) is 4.79. The molecule has 0 saturated heterocycles. The minimum atomic E-state index is -5.12. The number of hydrogen-bond donors (Lipinski definition) is 0. The normalized spacial score (nSPS) is 13.4. The van der Waals surface area contributed by atoms with E-state index in [1.54, 1.807) is 0 Å². The van der Waals surface area contributed by atoms with Gasteiger partial charge in [0.15, 0.2) is 11.5 Å². The highest BCUT2D eigenvalue weighted by molar-refractivity contribution is 6.68. The lowest BCUT2D eigenvalue weighted by atomic mass is 10.2. The molecule has 0 aromatic heterocycles. The van der Waals surface area contributed by atoms with Crippen molar-refractivity contribution in [3.8, 4) is 28.7 Å². The van der Waals surface area contributed by atoms with Crippen molar-refractivity contribution >= 4 is 16.8 Å². The number of benzene rings is 2. The Kier molecular flexibility index (Phi) is 5.23. The fourth-order valence-corrected chi connectivity index (χ4v) is 2.15. The van der Waals surface area contributed by atoms with Crippen LogP contribution in [-0.2, 0) is 0 Å². The molecule has 0 saturated carbocycles. The van der Waals surface area contributed by atoms with Crippen LogP contribution in [0.5, 0.6) is 28.7 Å². The van der Waals surface area contributed by atoms with Gasteiger partial charge in [-0.2, -0.15) is 8.78 Å². The summed E-state index contributed by atoms with van der Waals surface area (Å²) in [5, 5.41) is -1.42. The van der Waals surface area contributed by atoms with Gasteiger partial charge in [-0.05, 0) is 23.7 Å². The van der Waals surface area contributed by atoms with Gasteiger partial charge in [0.25, 0.3) is 5.24 Å². The highest BCUT2D eigenvalue weighted by Gasteiger charge is 2.31. The summed E-state index contributed by atoms with van der Waals surface area (Å²) in [6.07, 6.45) is -5.12. The second-order valence-corrected chi connectivity index (χ2v) is 5.13. The lowest BCUT2D eigenvalue weighted by Gasteiger charge is -2.16. The molecule has 2 aromatic carbocycles. The summed E-state index contributed by atoms with van der Waals surface area (Å²) in [6, 6.07) is 2.96. The average molecular weight is 434 g/mol. The smallest absolute Gasteiger partial charge is 0.493 e. The van der Waals surface area contributed by atoms with Gasteiger partial charge in [0, 0.05) is 18.2 Å². The molecule has 0 amide bonds. The number of alkyl halides is 5. The van der Waals surface area contributed by atoms with Crippen LogP contribution in [0.2, 0.25) is 0 Å². The Labute approximate surface area is 162 Å². The molecule has 0 unspecified atom stereocenters. The molecule has 0 aliphatic heterocycles. The van der Waals surface area contributed by atoms with E-state index < -0.39 is 65.4 Å². The monoisotopic (exact) mass is 433 g/mol. The minimum Gasteiger partial charge on any atom is -0.493 e. The number of rotatable bonds is 7. The third-order valence-electron chi connectivity index (χ3n) is 2.93. The third-order valence-corrected chi connectivity index (χ3v) is 3.12. The lowest BCUT2D eigenvalue weighted by Crippen LogP contribution is -2.17. The Balaban J connectivity index is 2.55. The van der Waals surface area contributed by atoms with Crippen molar-refractivity contribution in [2.24, 2.45) is 0 Å². The Morgan fingerprint density at radius 2 is 1.79 bits per heavy atom. The molecule has 0 atom stereocenters. The maximum atomic E-state index is 14.2. The Hall–Kier alpha value is -2.82. The van der Waals surface area contributed by atoms with E-state index in [9.17, 15) is 31.1 Å². The summed E-state index contributed by atoms with van der Waals surface area (Å²) in [5.74, 6) is -5.40. The van der Waals surface area contributed by atoms with E-state index in [1.165, 1.54) is 0 Å². The molecule has 2 rings (SSSR count). The van der Waals surface area contributed by atoms with Crippen molar-refractivity contribution in [3.05, 3.63) is 41.7 Å². The predicted molar refractivity (Wildman–Crippen MR) is 83.0 cm³/mol. The zero-order valence-corrected chi connectivity index (χ0v) is 13.9. The van der Waals surface area contributed by atoms with Crippen LogP contribution in [0.4, 0.5) is 26.3 Å². The molecule has 28 heavy (non-hydrogen) atoms. The number of carbonyl (C=O) groups is 1. The van der Waals surface area contributed by atoms with Gasteiger partial charge in [-0.3, -0.25) is 4.79 Å². The van der Waals surface area contributed by atoms with Gasteiger partial charge in [-0.1, -0.05) is 0 Å². The van der Waals surface area contributed by atoms with E-state index in [4.69, 9.17) is 20.5 Å². The molecule has 152 valence electrons. The van der Waals surface area contributed by atoms with Gasteiger partial charge >= 0.3 is 13.0 Å². The first-order valence-electron chi connectivity index (χ1n) is 8.39. The highest BCUT2D eigenvalue weighted by atomic mass is 35.5. The van der Waals surface area contributed by atoms with Crippen molar-refractivity contribution in [1.82, 2.24) is 0 Å². The molecule has 0 heterocycles. The van der Waals surface area contributed by atoms with Crippen LogP contribution in [-0.4, -0.2) is 25.3 Å². The maximum absolute atomic E-state index is 14.2. The van der Waals surface area contributed by atoms with Crippen LogP contribution in [0.15, 0.2) is 30.3 Å². The molecule has 0 radical (unpaired) electrons. The predicted octanol–water partition coefficient (Wildman–Crippen LogP) is 5.51. The van der Waals surface area contributed by atoms with Crippen molar-refractivity contribution in [3.63, 3.8) is 0 Å². The number of carbonyl (C=O) groups excluding carboxylic acids is 1. The minimum absolute atomic E-state index is 0.411. The van der Waals surface area contributed by atoms with E-state index in [0.717, 1.165) is 6.07 Å². The van der Waals surface area contributed by atoms with E-state index in [-0.39, 0.29) is 0 Å². The molecule has 0 aliphatic carbocycles. The fourth-order valence-electron chi connectivity index (χ4n) is 1.97. The second kappa shape index (κ2) is 8.46. The van der Waals surface area contributed by atoms with Gasteiger partial charge in [-0.15, -0.1) is 13.2 Å². The lowest BCUT2D eigenvalue weighted by molar-refractivity contribution is -0.274. The molecule has 12 heteroatoms. The van der Waals surface area contributed by atoms with Crippen LogP contribution in [0.25, 0.3) is 0 Å². The first kappa shape index (κ1) is 17.3. The molecule has 0 bridgehead atoms. The summed E-state index contributed by atoms with van der Waals surface area (Å²) >= 11 is 5.27. The van der Waals surface area contributed by atoms with Gasteiger partial charge in [0.1, 0.15) is 28.6 Å². The summed E-state index contributed by atoms with van der Waals surface area (Å²) < 4.78 is 115. The van der Waals surface area contributed by atoms with Crippen molar-refractivity contribution in [2.45, 2.75) is 13.0 Å². The zero-order valence-electron chi connectivity index (χ0n) is 16.2. The van der Waals surface area contributed by atoms with Gasteiger partial charge in [0.2, 0.25) is 0 Å². The number of methoxy groups -OCH3 is 1. The first-order valence-corrected chi connectivity index (χ1v) is 7.27. The van der Waals surface area contributed by atoms with Crippen LogP contribution in [0.3, 0.4) is 0 Å². The fraction of sp³-hybridized carbons (Fsp3) is 0.188. The number of ether oxygens (including phenoxy) is 4. The van der Waals surface area contributed by atoms with E-state index >= 15 is 0 Å². The molecule has 5 nitrogen and oxygen atoms in total. The molecular formula is C16H9ClF6O5. The molecule has 0 fully saturated rings. The van der Waals surface area contributed by atoms with Crippen LogP contribution in [0, 0.1) is 5.82 Å². The largest absolute Gasteiger partial charge is 0.573 e. The summed E-state index contributed by atoms with van der Waals surface area (Å²) in [6.45, 7) is -3.38.